The summed E-state index contributed by atoms with van der Waals surface area (Å²) >= 11 is 0. The minimum absolute atomic E-state index is 0.0610. The molecule has 0 aromatic carbocycles. The second-order valence-electron chi connectivity index (χ2n) is 8.96. The molecule has 5 aliphatic rings. The maximum absolute atomic E-state index is 12.7. The van der Waals surface area contributed by atoms with Gasteiger partial charge < -0.3 is 20.0 Å². The lowest BCUT2D eigenvalue weighted by molar-refractivity contribution is -0.138. The molecule has 1 N–H and O–H groups in total. The van der Waals surface area contributed by atoms with E-state index in [1.54, 1.807) is 0 Å². The molecule has 2 bridgehead atoms. The smallest absolute Gasteiger partial charge is 0.317 e. The van der Waals surface area contributed by atoms with Crippen molar-refractivity contribution in [2.75, 3.05) is 52.9 Å². The second kappa shape index (κ2) is 8.21. The van der Waals surface area contributed by atoms with E-state index in [9.17, 15) is 9.59 Å². The van der Waals surface area contributed by atoms with Crippen LogP contribution in [-0.4, -0.2) is 79.5 Å². The van der Waals surface area contributed by atoms with Gasteiger partial charge in [0.2, 0.25) is 5.91 Å². The third-order valence-electron chi connectivity index (χ3n) is 7.17. The van der Waals surface area contributed by atoms with Crippen LogP contribution < -0.4 is 5.32 Å². The predicted molar refractivity (Wildman–Crippen MR) is 105 cm³/mol. The number of rotatable bonds is 3. The summed E-state index contributed by atoms with van der Waals surface area (Å²) in [5, 5.41) is 3.17. The van der Waals surface area contributed by atoms with Gasteiger partial charge in [0, 0.05) is 51.7 Å². The number of nitrogens with zero attached hydrogens (tertiary/aromatic N) is 3. The van der Waals surface area contributed by atoms with E-state index in [1.807, 2.05) is 9.80 Å². The van der Waals surface area contributed by atoms with Crippen molar-refractivity contribution in [3.8, 4) is 0 Å². The molecular weight excluding hydrogens is 340 g/mol. The first-order chi connectivity index (χ1) is 13.1. The molecule has 3 fully saturated rings. The molecule has 5 rings (SSSR count). The highest BCUT2D eigenvalue weighted by atomic mass is 16.2. The summed E-state index contributed by atoms with van der Waals surface area (Å²) in [5.74, 6) is 2.38. The SMILES string of the molecule is CN1CCN(C(=O)C2CCN(C(=O)NCC3CC4C=CC3CC4)CC2)CC1. The first-order valence-electron chi connectivity index (χ1n) is 10.8. The summed E-state index contributed by atoms with van der Waals surface area (Å²) < 4.78 is 0. The Kier molecular flexibility index (Phi) is 5.71. The highest BCUT2D eigenvalue weighted by Crippen LogP contribution is 2.39. The minimum Gasteiger partial charge on any atom is -0.340 e. The lowest BCUT2D eigenvalue weighted by atomic mass is 9.69. The van der Waals surface area contributed by atoms with Gasteiger partial charge in [-0.05, 0) is 56.9 Å². The largest absolute Gasteiger partial charge is 0.340 e. The topological polar surface area (TPSA) is 55.9 Å². The van der Waals surface area contributed by atoms with Gasteiger partial charge in [-0.25, -0.2) is 4.79 Å². The second-order valence-corrected chi connectivity index (χ2v) is 8.96. The lowest BCUT2D eigenvalue weighted by Crippen LogP contribution is -2.52. The van der Waals surface area contributed by atoms with Crippen LogP contribution in [0.25, 0.3) is 0 Å². The summed E-state index contributed by atoms with van der Waals surface area (Å²) in [5.41, 5.74) is 0. The van der Waals surface area contributed by atoms with Gasteiger partial charge in [-0.3, -0.25) is 4.79 Å². The molecule has 3 unspecified atom stereocenters. The summed E-state index contributed by atoms with van der Waals surface area (Å²) in [6.07, 6.45) is 10.2. The van der Waals surface area contributed by atoms with Crippen LogP contribution in [0.4, 0.5) is 4.79 Å². The Labute approximate surface area is 162 Å². The van der Waals surface area contributed by atoms with E-state index in [-0.39, 0.29) is 11.9 Å². The molecule has 0 radical (unpaired) electrons. The zero-order valence-corrected chi connectivity index (χ0v) is 16.6. The van der Waals surface area contributed by atoms with Gasteiger partial charge in [0.25, 0.3) is 0 Å². The summed E-state index contributed by atoms with van der Waals surface area (Å²) in [7, 11) is 2.10. The number of carbonyl (C=O) groups is 2. The van der Waals surface area contributed by atoms with Crippen molar-refractivity contribution < 1.29 is 9.59 Å². The molecule has 3 aliphatic carbocycles. The van der Waals surface area contributed by atoms with E-state index < -0.39 is 0 Å². The number of nitrogens with one attached hydrogen (secondary N) is 1. The molecule has 2 aliphatic heterocycles. The van der Waals surface area contributed by atoms with E-state index >= 15 is 0 Å². The average molecular weight is 375 g/mol. The average Bonchev–Trinajstić information content (AvgIpc) is 2.73. The molecule has 0 aromatic heterocycles. The number of carbonyl (C=O) groups excluding carboxylic acids is 2. The Hall–Kier alpha value is -1.56. The summed E-state index contributed by atoms with van der Waals surface area (Å²) in [4.78, 5) is 31.5. The van der Waals surface area contributed by atoms with Crippen LogP contribution in [0, 0.1) is 23.7 Å². The van der Waals surface area contributed by atoms with Crippen molar-refractivity contribution in [1.82, 2.24) is 20.0 Å². The maximum Gasteiger partial charge on any atom is 0.317 e. The highest BCUT2D eigenvalue weighted by molar-refractivity contribution is 5.80. The molecule has 27 heavy (non-hydrogen) atoms. The molecule has 3 atom stereocenters. The van der Waals surface area contributed by atoms with Gasteiger partial charge in [-0.15, -0.1) is 0 Å². The van der Waals surface area contributed by atoms with Crippen LogP contribution in [0.1, 0.15) is 32.1 Å². The van der Waals surface area contributed by atoms with Crippen LogP contribution in [0.15, 0.2) is 12.2 Å². The van der Waals surface area contributed by atoms with Gasteiger partial charge in [0.05, 0.1) is 0 Å². The molecule has 0 spiro atoms. The molecule has 3 amide bonds. The number of urea groups is 1. The number of hydrogen-bond acceptors (Lipinski definition) is 3. The van der Waals surface area contributed by atoms with Crippen molar-refractivity contribution in [3.63, 3.8) is 0 Å². The van der Waals surface area contributed by atoms with Gasteiger partial charge in [-0.1, -0.05) is 12.2 Å². The monoisotopic (exact) mass is 374 g/mol. The Morgan fingerprint density at radius 1 is 0.926 bits per heavy atom. The number of fused-ring (bicyclic) bond motifs is 2. The maximum atomic E-state index is 12.7. The number of amides is 3. The van der Waals surface area contributed by atoms with E-state index in [4.69, 9.17) is 0 Å². The first kappa shape index (κ1) is 18.8. The van der Waals surface area contributed by atoms with Gasteiger partial charge in [-0.2, -0.15) is 0 Å². The highest BCUT2D eigenvalue weighted by Gasteiger charge is 2.34. The summed E-state index contributed by atoms with van der Waals surface area (Å²) in [6.45, 7) is 5.81. The quantitative estimate of drug-likeness (QED) is 0.766. The lowest BCUT2D eigenvalue weighted by Gasteiger charge is -2.39. The summed E-state index contributed by atoms with van der Waals surface area (Å²) in [6, 6.07) is 0.0610. The third kappa shape index (κ3) is 4.31. The van der Waals surface area contributed by atoms with Gasteiger partial charge >= 0.3 is 6.03 Å². The number of likely N-dealkylation sites (tertiary alicyclic amines) is 1. The fourth-order valence-electron chi connectivity index (χ4n) is 5.23. The van der Waals surface area contributed by atoms with Crippen molar-refractivity contribution in [1.29, 1.82) is 0 Å². The van der Waals surface area contributed by atoms with Crippen LogP contribution in [0.2, 0.25) is 0 Å². The molecule has 2 saturated heterocycles. The van der Waals surface area contributed by atoms with E-state index in [2.05, 4.69) is 29.4 Å². The zero-order valence-electron chi connectivity index (χ0n) is 16.6. The minimum atomic E-state index is 0.0610. The molecule has 1 saturated carbocycles. The van der Waals surface area contributed by atoms with E-state index in [1.165, 1.54) is 19.3 Å². The molecular formula is C21H34N4O2. The van der Waals surface area contributed by atoms with Crippen LogP contribution in [0.5, 0.6) is 0 Å². The number of likely N-dealkylation sites (N-methyl/N-ethyl adjacent to an activating group) is 1. The Morgan fingerprint density at radius 2 is 1.67 bits per heavy atom. The Morgan fingerprint density at radius 3 is 2.26 bits per heavy atom. The Bertz CT molecular complexity index is 577. The van der Waals surface area contributed by atoms with Gasteiger partial charge in [0.1, 0.15) is 0 Å². The van der Waals surface area contributed by atoms with Crippen molar-refractivity contribution in [3.05, 3.63) is 12.2 Å². The van der Waals surface area contributed by atoms with Crippen molar-refractivity contribution in [2.24, 2.45) is 23.7 Å². The fourth-order valence-corrected chi connectivity index (χ4v) is 5.23. The normalized spacial score (nSPS) is 32.0. The van der Waals surface area contributed by atoms with Crippen molar-refractivity contribution >= 4 is 11.9 Å². The molecule has 6 nitrogen and oxygen atoms in total. The first-order valence-corrected chi connectivity index (χ1v) is 10.8. The van der Waals surface area contributed by atoms with Gasteiger partial charge in [0.15, 0.2) is 0 Å². The fraction of sp³-hybridized carbons (Fsp3) is 0.810. The van der Waals surface area contributed by atoms with E-state index in [0.717, 1.165) is 51.5 Å². The Balaban J connectivity index is 1.19. The zero-order chi connectivity index (χ0) is 18.8. The van der Waals surface area contributed by atoms with Crippen LogP contribution >= 0.6 is 0 Å². The molecule has 6 heteroatoms. The van der Waals surface area contributed by atoms with Crippen molar-refractivity contribution in [2.45, 2.75) is 32.1 Å². The third-order valence-corrected chi connectivity index (χ3v) is 7.17. The standard InChI is InChI=1S/C21H34N4O2/c1-23-10-12-24(13-11-23)20(26)18-6-8-25(9-7-18)21(27)22-15-19-14-16-2-4-17(19)5-3-16/h2,4,16-19H,3,5-15H2,1H3,(H,22,27). The van der Waals surface area contributed by atoms with Crippen LogP contribution in [-0.2, 0) is 4.79 Å². The number of allylic oxidation sites excluding steroid dienone is 2. The van der Waals surface area contributed by atoms with E-state index in [0.29, 0.717) is 30.8 Å². The predicted octanol–water partition coefficient (Wildman–Crippen LogP) is 1.78. The number of piperazine rings is 1. The van der Waals surface area contributed by atoms with Crippen LogP contribution in [0.3, 0.4) is 0 Å². The molecule has 0 aromatic rings. The number of hydrogen-bond donors (Lipinski definition) is 1. The number of piperidine rings is 1. The molecule has 2 heterocycles. The molecule has 150 valence electrons.